The van der Waals surface area contributed by atoms with E-state index in [0.29, 0.717) is 18.0 Å². The van der Waals surface area contributed by atoms with Gasteiger partial charge in [-0.25, -0.2) is 0 Å². The Hall–Kier alpha value is -1.82. The summed E-state index contributed by atoms with van der Waals surface area (Å²) in [6, 6.07) is 4.68. The number of hydrogen-bond acceptors (Lipinski definition) is 5. The molecule has 0 aromatic heterocycles. The Morgan fingerprint density at radius 3 is 2.68 bits per heavy atom. The molecule has 0 atom stereocenters. The van der Waals surface area contributed by atoms with Crippen molar-refractivity contribution in [2.75, 3.05) is 32.7 Å². The van der Waals surface area contributed by atoms with E-state index in [2.05, 4.69) is 5.32 Å². The van der Waals surface area contributed by atoms with Crippen molar-refractivity contribution in [2.45, 2.75) is 19.3 Å². The Morgan fingerprint density at radius 2 is 2.05 bits per heavy atom. The van der Waals surface area contributed by atoms with Crippen molar-refractivity contribution in [3.63, 3.8) is 0 Å². The van der Waals surface area contributed by atoms with Gasteiger partial charge in [0.1, 0.15) is 11.4 Å². The van der Waals surface area contributed by atoms with Crippen LogP contribution in [0.25, 0.3) is 0 Å². The van der Waals surface area contributed by atoms with E-state index in [-0.39, 0.29) is 5.69 Å². The fraction of sp³-hybridized carbons (Fsp3) is 0.538. The number of benzene rings is 1. The molecule has 19 heavy (non-hydrogen) atoms. The van der Waals surface area contributed by atoms with Crippen LogP contribution in [-0.4, -0.2) is 32.3 Å². The van der Waals surface area contributed by atoms with Gasteiger partial charge in [-0.3, -0.25) is 10.1 Å². The molecule has 0 saturated heterocycles. The van der Waals surface area contributed by atoms with Gasteiger partial charge < -0.3 is 14.8 Å². The van der Waals surface area contributed by atoms with Crippen LogP contribution in [0.15, 0.2) is 18.2 Å². The van der Waals surface area contributed by atoms with E-state index < -0.39 is 4.92 Å². The molecule has 0 amide bonds. The smallest absolute Gasteiger partial charge is 0.292 e. The number of methoxy groups -OCH3 is 2. The minimum absolute atomic E-state index is 0.0673. The lowest BCUT2D eigenvalue weighted by atomic mass is 10.2. The third-order valence-corrected chi connectivity index (χ3v) is 2.74. The second kappa shape index (κ2) is 8.31. The fourth-order valence-electron chi connectivity index (χ4n) is 1.71. The first-order valence-electron chi connectivity index (χ1n) is 6.24. The van der Waals surface area contributed by atoms with Crippen molar-refractivity contribution < 1.29 is 14.4 Å². The number of nitro benzene ring substituents is 1. The minimum Gasteiger partial charge on any atom is -0.497 e. The lowest BCUT2D eigenvalue weighted by molar-refractivity contribution is -0.384. The molecule has 1 N–H and O–H groups in total. The van der Waals surface area contributed by atoms with Gasteiger partial charge in [0.15, 0.2) is 0 Å². The van der Waals surface area contributed by atoms with E-state index in [0.717, 1.165) is 25.9 Å². The number of nitrogens with one attached hydrogen (secondary N) is 1. The number of anilines is 1. The van der Waals surface area contributed by atoms with Gasteiger partial charge in [0.25, 0.3) is 5.69 Å². The Balaban J connectivity index is 2.52. The molecule has 0 aliphatic rings. The zero-order chi connectivity index (χ0) is 14.1. The maximum Gasteiger partial charge on any atom is 0.292 e. The van der Waals surface area contributed by atoms with Crippen LogP contribution in [0.4, 0.5) is 11.4 Å². The van der Waals surface area contributed by atoms with Crippen LogP contribution in [0.1, 0.15) is 19.3 Å². The molecule has 0 aliphatic heterocycles. The highest BCUT2D eigenvalue weighted by atomic mass is 16.6. The summed E-state index contributed by atoms with van der Waals surface area (Å²) in [5.74, 6) is 0.604. The highest BCUT2D eigenvalue weighted by Crippen LogP contribution is 2.28. The van der Waals surface area contributed by atoms with Crippen molar-refractivity contribution in [2.24, 2.45) is 0 Å². The number of hydrogen-bond donors (Lipinski definition) is 1. The van der Waals surface area contributed by atoms with Crippen molar-refractivity contribution in [1.82, 2.24) is 0 Å². The summed E-state index contributed by atoms with van der Waals surface area (Å²) < 4.78 is 10.0. The maximum absolute atomic E-state index is 10.9. The molecule has 1 aromatic rings. The van der Waals surface area contributed by atoms with Gasteiger partial charge in [-0.15, -0.1) is 0 Å². The van der Waals surface area contributed by atoms with Gasteiger partial charge in [0.2, 0.25) is 0 Å². The first-order chi connectivity index (χ1) is 9.19. The third-order valence-electron chi connectivity index (χ3n) is 2.74. The molecular formula is C13H20N2O4. The summed E-state index contributed by atoms with van der Waals surface area (Å²) in [6.07, 6.45) is 2.97. The van der Waals surface area contributed by atoms with E-state index in [4.69, 9.17) is 9.47 Å². The number of nitrogens with zero attached hydrogens (tertiary/aromatic N) is 1. The van der Waals surface area contributed by atoms with Crippen molar-refractivity contribution in [3.8, 4) is 5.75 Å². The van der Waals surface area contributed by atoms with Gasteiger partial charge in [-0.2, -0.15) is 0 Å². The molecule has 106 valence electrons. The average molecular weight is 268 g/mol. The molecular weight excluding hydrogens is 248 g/mol. The Kier molecular flexibility index (Phi) is 6.67. The van der Waals surface area contributed by atoms with Crippen LogP contribution < -0.4 is 10.1 Å². The lowest BCUT2D eigenvalue weighted by Gasteiger charge is -2.08. The second-order valence-corrected chi connectivity index (χ2v) is 4.12. The highest BCUT2D eigenvalue weighted by molar-refractivity contribution is 5.64. The van der Waals surface area contributed by atoms with E-state index in [9.17, 15) is 10.1 Å². The Labute approximate surface area is 112 Å². The first-order valence-corrected chi connectivity index (χ1v) is 6.24. The fourth-order valence-corrected chi connectivity index (χ4v) is 1.71. The predicted molar refractivity (Wildman–Crippen MR) is 73.9 cm³/mol. The van der Waals surface area contributed by atoms with E-state index in [1.54, 1.807) is 19.2 Å². The highest BCUT2D eigenvalue weighted by Gasteiger charge is 2.13. The molecule has 0 unspecified atom stereocenters. The Morgan fingerprint density at radius 1 is 1.26 bits per heavy atom. The van der Waals surface area contributed by atoms with E-state index >= 15 is 0 Å². The van der Waals surface area contributed by atoms with Crippen LogP contribution >= 0.6 is 0 Å². The summed E-state index contributed by atoms with van der Waals surface area (Å²) in [6.45, 7) is 1.44. The number of ether oxygens (including phenoxy) is 2. The van der Waals surface area contributed by atoms with Crippen molar-refractivity contribution in [3.05, 3.63) is 28.3 Å². The molecule has 0 radical (unpaired) electrons. The van der Waals surface area contributed by atoms with Crippen LogP contribution in [0.3, 0.4) is 0 Å². The van der Waals surface area contributed by atoms with Crippen molar-refractivity contribution >= 4 is 11.4 Å². The second-order valence-electron chi connectivity index (χ2n) is 4.12. The molecule has 0 saturated carbocycles. The van der Waals surface area contributed by atoms with Gasteiger partial charge >= 0.3 is 0 Å². The average Bonchev–Trinajstić information content (AvgIpc) is 2.42. The SMILES string of the molecule is COCCCCCNc1cc(OC)ccc1[N+](=O)[O-]. The molecule has 1 rings (SSSR count). The van der Waals surface area contributed by atoms with E-state index in [1.165, 1.54) is 13.2 Å². The molecule has 6 nitrogen and oxygen atoms in total. The normalized spacial score (nSPS) is 10.2. The van der Waals surface area contributed by atoms with Crippen LogP contribution in [0, 0.1) is 10.1 Å². The zero-order valence-corrected chi connectivity index (χ0v) is 11.3. The topological polar surface area (TPSA) is 73.6 Å². The minimum atomic E-state index is -0.396. The maximum atomic E-state index is 10.9. The van der Waals surface area contributed by atoms with Crippen LogP contribution in [0.5, 0.6) is 5.75 Å². The quantitative estimate of drug-likeness (QED) is 0.423. The third kappa shape index (κ3) is 5.13. The van der Waals surface area contributed by atoms with Crippen LogP contribution in [0.2, 0.25) is 0 Å². The van der Waals surface area contributed by atoms with Crippen molar-refractivity contribution in [1.29, 1.82) is 0 Å². The molecule has 6 heteroatoms. The summed E-state index contributed by atoms with van der Waals surface area (Å²) in [7, 11) is 3.22. The largest absolute Gasteiger partial charge is 0.497 e. The molecule has 0 bridgehead atoms. The van der Waals surface area contributed by atoms with E-state index in [1.807, 2.05) is 0 Å². The van der Waals surface area contributed by atoms with Gasteiger partial charge in [0, 0.05) is 32.4 Å². The molecule has 0 fully saturated rings. The summed E-state index contributed by atoms with van der Waals surface area (Å²) in [5.41, 5.74) is 0.564. The summed E-state index contributed by atoms with van der Waals surface area (Å²) in [4.78, 5) is 10.5. The molecule has 0 aliphatic carbocycles. The molecule has 0 heterocycles. The summed E-state index contributed by atoms with van der Waals surface area (Å²) in [5, 5.41) is 14.0. The standard InChI is InChI=1S/C13H20N2O4/c1-18-9-5-3-4-8-14-12-10-11(19-2)6-7-13(12)15(16)17/h6-7,10,14H,3-5,8-9H2,1-2H3. The number of unbranched alkanes of at least 4 members (excludes halogenated alkanes) is 2. The monoisotopic (exact) mass is 268 g/mol. The van der Waals surface area contributed by atoms with Gasteiger partial charge in [-0.1, -0.05) is 0 Å². The first kappa shape index (κ1) is 15.2. The van der Waals surface area contributed by atoms with Crippen LogP contribution in [-0.2, 0) is 4.74 Å². The molecule has 1 aromatic carbocycles. The lowest BCUT2D eigenvalue weighted by Crippen LogP contribution is -2.05. The Bertz CT molecular complexity index is 410. The summed E-state index contributed by atoms with van der Waals surface area (Å²) >= 11 is 0. The predicted octanol–water partition coefficient (Wildman–Crippen LogP) is 2.83. The van der Waals surface area contributed by atoms with Gasteiger partial charge in [-0.05, 0) is 25.3 Å². The number of rotatable bonds is 9. The molecule has 0 spiro atoms. The van der Waals surface area contributed by atoms with Gasteiger partial charge in [0.05, 0.1) is 12.0 Å². The zero-order valence-electron chi connectivity index (χ0n) is 11.3. The number of nitro groups is 1.